The molecule has 2 saturated heterocycles. The van der Waals surface area contributed by atoms with Crippen LogP contribution in [0.4, 0.5) is 0 Å². The lowest BCUT2D eigenvalue weighted by Crippen LogP contribution is -2.46. The second-order valence-corrected chi connectivity index (χ2v) is 5.11. The van der Waals surface area contributed by atoms with Gasteiger partial charge in [-0.2, -0.15) is 0 Å². The van der Waals surface area contributed by atoms with E-state index in [4.69, 9.17) is 9.47 Å². The second-order valence-electron chi connectivity index (χ2n) is 5.11. The Bertz CT molecular complexity index is 208. The molecule has 100 valence electrons. The molecule has 2 fully saturated rings. The third-order valence-corrected chi connectivity index (χ3v) is 3.80. The molecule has 0 bridgehead atoms. The van der Waals surface area contributed by atoms with E-state index >= 15 is 0 Å². The fourth-order valence-corrected chi connectivity index (χ4v) is 2.57. The van der Waals surface area contributed by atoms with Crippen LogP contribution >= 0.6 is 0 Å². The van der Waals surface area contributed by atoms with Gasteiger partial charge in [-0.25, -0.2) is 0 Å². The molecular weight excluding hydrogens is 216 g/mol. The van der Waals surface area contributed by atoms with Crippen LogP contribution < -0.4 is 5.32 Å². The van der Waals surface area contributed by atoms with Crippen molar-refractivity contribution in [2.24, 2.45) is 5.92 Å². The molecule has 4 nitrogen and oxygen atoms in total. The summed E-state index contributed by atoms with van der Waals surface area (Å²) in [6, 6.07) is 0. The largest absolute Gasteiger partial charge is 0.381 e. The Labute approximate surface area is 105 Å². The number of hydrogen-bond acceptors (Lipinski definition) is 4. The highest BCUT2D eigenvalue weighted by molar-refractivity contribution is 4.73. The smallest absolute Gasteiger partial charge is 0.0826 e. The van der Waals surface area contributed by atoms with E-state index in [1.165, 1.54) is 12.8 Å². The lowest BCUT2D eigenvalue weighted by Gasteiger charge is -2.32. The molecule has 2 unspecified atom stereocenters. The molecule has 0 saturated carbocycles. The summed E-state index contributed by atoms with van der Waals surface area (Å²) in [6.45, 7) is 10.4. The van der Waals surface area contributed by atoms with Crippen LogP contribution in [0.1, 0.15) is 19.8 Å². The van der Waals surface area contributed by atoms with Gasteiger partial charge in [0.2, 0.25) is 0 Å². The quantitative estimate of drug-likeness (QED) is 0.696. The van der Waals surface area contributed by atoms with Gasteiger partial charge in [0.1, 0.15) is 0 Å². The van der Waals surface area contributed by atoms with E-state index < -0.39 is 0 Å². The van der Waals surface area contributed by atoms with Crippen molar-refractivity contribution >= 4 is 0 Å². The van der Waals surface area contributed by atoms with Crippen LogP contribution in [0.2, 0.25) is 0 Å². The first kappa shape index (κ1) is 13.3. The maximum absolute atomic E-state index is 5.75. The van der Waals surface area contributed by atoms with Crippen LogP contribution in [0.15, 0.2) is 0 Å². The third-order valence-electron chi connectivity index (χ3n) is 3.80. The lowest BCUT2D eigenvalue weighted by molar-refractivity contribution is -0.0252. The van der Waals surface area contributed by atoms with Crippen molar-refractivity contribution in [3.63, 3.8) is 0 Å². The number of likely N-dealkylation sites (N-methyl/N-ethyl adjacent to an activating group) is 1. The maximum Gasteiger partial charge on any atom is 0.0826 e. The number of rotatable bonds is 6. The summed E-state index contributed by atoms with van der Waals surface area (Å²) in [5.41, 5.74) is 0. The molecular formula is C13H26N2O2. The van der Waals surface area contributed by atoms with Gasteiger partial charge >= 0.3 is 0 Å². The van der Waals surface area contributed by atoms with Crippen LogP contribution in [0.3, 0.4) is 0 Å². The van der Waals surface area contributed by atoms with Gasteiger partial charge in [0, 0.05) is 32.8 Å². The maximum atomic E-state index is 5.75. The lowest BCUT2D eigenvalue weighted by atomic mass is 10.1. The van der Waals surface area contributed by atoms with Crippen molar-refractivity contribution in [3.05, 3.63) is 0 Å². The van der Waals surface area contributed by atoms with Crippen LogP contribution in [0.5, 0.6) is 0 Å². The van der Waals surface area contributed by atoms with Gasteiger partial charge in [-0.05, 0) is 31.8 Å². The van der Waals surface area contributed by atoms with Crippen molar-refractivity contribution in [1.82, 2.24) is 10.2 Å². The Hall–Kier alpha value is -0.160. The van der Waals surface area contributed by atoms with Gasteiger partial charge in [0.25, 0.3) is 0 Å². The van der Waals surface area contributed by atoms with E-state index in [1.54, 1.807) is 0 Å². The molecule has 0 aliphatic carbocycles. The van der Waals surface area contributed by atoms with E-state index in [0.29, 0.717) is 6.10 Å². The molecule has 0 aromatic rings. The topological polar surface area (TPSA) is 33.7 Å². The average Bonchev–Trinajstić information content (AvgIpc) is 2.88. The van der Waals surface area contributed by atoms with Crippen molar-refractivity contribution in [3.8, 4) is 0 Å². The highest BCUT2D eigenvalue weighted by Gasteiger charge is 2.19. The van der Waals surface area contributed by atoms with Crippen molar-refractivity contribution < 1.29 is 9.47 Å². The van der Waals surface area contributed by atoms with Crippen molar-refractivity contribution in [2.45, 2.75) is 25.9 Å². The predicted molar refractivity (Wildman–Crippen MR) is 68.3 cm³/mol. The molecule has 0 radical (unpaired) electrons. The molecule has 2 atom stereocenters. The minimum absolute atomic E-state index is 0.378. The number of nitrogens with one attached hydrogen (secondary N) is 1. The Morgan fingerprint density at radius 3 is 3.06 bits per heavy atom. The third kappa shape index (κ3) is 4.54. The fourth-order valence-electron chi connectivity index (χ4n) is 2.57. The van der Waals surface area contributed by atoms with Gasteiger partial charge in [-0.1, -0.05) is 6.92 Å². The van der Waals surface area contributed by atoms with Gasteiger partial charge in [0.05, 0.1) is 12.7 Å². The number of hydrogen-bond donors (Lipinski definition) is 1. The zero-order chi connectivity index (χ0) is 11.9. The number of ether oxygens (including phenoxy) is 2. The summed E-state index contributed by atoms with van der Waals surface area (Å²) >= 11 is 0. The van der Waals surface area contributed by atoms with E-state index in [2.05, 4.69) is 17.1 Å². The molecule has 1 N–H and O–H groups in total. The minimum Gasteiger partial charge on any atom is -0.381 e. The molecule has 0 amide bonds. The first-order chi connectivity index (χ1) is 8.38. The Morgan fingerprint density at radius 1 is 1.35 bits per heavy atom. The molecule has 2 aliphatic heterocycles. The molecule has 17 heavy (non-hydrogen) atoms. The highest BCUT2D eigenvalue weighted by atomic mass is 16.5. The summed E-state index contributed by atoms with van der Waals surface area (Å²) in [5.74, 6) is 0.780. The number of nitrogens with zero attached hydrogens (tertiary/aromatic N) is 1. The van der Waals surface area contributed by atoms with Crippen LogP contribution in [0.25, 0.3) is 0 Å². The first-order valence-electron chi connectivity index (χ1n) is 7.01. The summed E-state index contributed by atoms with van der Waals surface area (Å²) in [7, 11) is 0. The van der Waals surface area contributed by atoms with Crippen LogP contribution in [-0.2, 0) is 9.47 Å². The Kier molecular flexibility index (Phi) is 5.71. The van der Waals surface area contributed by atoms with Gasteiger partial charge in [-0.15, -0.1) is 0 Å². The average molecular weight is 242 g/mol. The van der Waals surface area contributed by atoms with Crippen LogP contribution in [0, 0.1) is 5.92 Å². The molecule has 2 heterocycles. The monoisotopic (exact) mass is 242 g/mol. The molecule has 2 aliphatic rings. The van der Waals surface area contributed by atoms with Crippen molar-refractivity contribution in [2.75, 3.05) is 52.5 Å². The summed E-state index contributed by atoms with van der Waals surface area (Å²) in [4.78, 5) is 2.46. The Morgan fingerprint density at radius 2 is 2.29 bits per heavy atom. The normalized spacial score (nSPS) is 30.9. The Balaban J connectivity index is 1.52. The minimum atomic E-state index is 0.378. The number of morpholine rings is 1. The van der Waals surface area contributed by atoms with Gasteiger partial charge in [-0.3, -0.25) is 4.90 Å². The van der Waals surface area contributed by atoms with Gasteiger partial charge in [0.15, 0.2) is 0 Å². The highest BCUT2D eigenvalue weighted by Crippen LogP contribution is 2.15. The van der Waals surface area contributed by atoms with Crippen LogP contribution in [-0.4, -0.2) is 63.5 Å². The van der Waals surface area contributed by atoms with Gasteiger partial charge < -0.3 is 14.8 Å². The van der Waals surface area contributed by atoms with Crippen molar-refractivity contribution in [1.29, 1.82) is 0 Å². The molecule has 4 heteroatoms. The first-order valence-corrected chi connectivity index (χ1v) is 7.01. The van der Waals surface area contributed by atoms with E-state index in [9.17, 15) is 0 Å². The molecule has 0 spiro atoms. The molecule has 2 rings (SSSR count). The summed E-state index contributed by atoms with van der Waals surface area (Å²) < 4.78 is 11.1. The fraction of sp³-hybridized carbons (Fsp3) is 1.00. The van der Waals surface area contributed by atoms with E-state index in [0.717, 1.165) is 58.5 Å². The van der Waals surface area contributed by atoms with E-state index in [1.807, 2.05) is 0 Å². The zero-order valence-corrected chi connectivity index (χ0v) is 11.0. The molecule has 0 aromatic heterocycles. The summed E-state index contributed by atoms with van der Waals surface area (Å²) in [6.07, 6.45) is 2.86. The molecule has 0 aromatic carbocycles. The predicted octanol–water partition coefficient (Wildman–Crippen LogP) is 0.723. The zero-order valence-electron chi connectivity index (χ0n) is 11.0. The second kappa shape index (κ2) is 7.31. The standard InChI is InChI=1S/C13H26N2O2/c1-2-15-6-8-17-13(10-15)9-14-5-3-12-4-7-16-11-12/h12-14H,2-11H2,1H3. The van der Waals surface area contributed by atoms with E-state index in [-0.39, 0.29) is 0 Å². The summed E-state index contributed by atoms with van der Waals surface area (Å²) in [5, 5.41) is 3.52. The SMILES string of the molecule is CCN1CCOC(CNCCC2CCOC2)C1.